The summed E-state index contributed by atoms with van der Waals surface area (Å²) < 4.78 is 15.2. The van der Waals surface area contributed by atoms with Crippen LogP contribution in [0.3, 0.4) is 0 Å². The molecule has 0 unspecified atom stereocenters. The van der Waals surface area contributed by atoms with E-state index in [-0.39, 0.29) is 17.4 Å². The minimum absolute atomic E-state index is 0.0449. The van der Waals surface area contributed by atoms with Gasteiger partial charge in [-0.05, 0) is 69.5 Å². The molecule has 0 spiro atoms. The second-order valence-electron chi connectivity index (χ2n) is 7.70. The number of carbonyl (C=O) groups excluding carboxylic acids is 2. The molecule has 2 aromatic heterocycles. The number of primary amides is 1. The predicted molar refractivity (Wildman–Crippen MR) is 121 cm³/mol. The van der Waals surface area contributed by atoms with Gasteiger partial charge < -0.3 is 10.3 Å². The largest absolute Gasteiger partial charge is 0.366 e. The van der Waals surface area contributed by atoms with E-state index in [2.05, 4.69) is 4.98 Å². The fourth-order valence-corrected chi connectivity index (χ4v) is 4.64. The van der Waals surface area contributed by atoms with Crippen molar-refractivity contribution in [3.63, 3.8) is 0 Å². The highest BCUT2D eigenvalue weighted by Gasteiger charge is 2.21. The zero-order valence-electron chi connectivity index (χ0n) is 18.4. The fourth-order valence-electron chi connectivity index (χ4n) is 3.62. The monoisotopic (exact) mass is 439 g/mol. The summed E-state index contributed by atoms with van der Waals surface area (Å²) in [5, 5.41) is 0.488. The van der Waals surface area contributed by atoms with Crippen LogP contribution in [0.2, 0.25) is 0 Å². The Balaban J connectivity index is 1.82. The Labute approximate surface area is 185 Å². The van der Waals surface area contributed by atoms with Gasteiger partial charge in [0.15, 0.2) is 5.78 Å². The molecule has 7 heteroatoms. The van der Waals surface area contributed by atoms with Crippen molar-refractivity contribution in [1.29, 1.82) is 0 Å². The lowest BCUT2D eigenvalue weighted by Gasteiger charge is -2.13. The van der Waals surface area contributed by atoms with E-state index in [1.54, 1.807) is 12.1 Å². The Kier molecular flexibility index (Phi) is 6.65. The lowest BCUT2D eigenvalue weighted by molar-refractivity contribution is 0.0991. The average Bonchev–Trinajstić information content (AvgIpc) is 2.99. The number of ketones is 1. The van der Waals surface area contributed by atoms with E-state index in [1.165, 1.54) is 23.9 Å². The van der Waals surface area contributed by atoms with Crippen molar-refractivity contribution in [2.24, 2.45) is 5.73 Å². The summed E-state index contributed by atoms with van der Waals surface area (Å²) in [5.74, 6) is -0.712. The van der Waals surface area contributed by atoms with Crippen molar-refractivity contribution in [3.05, 3.63) is 81.0 Å². The molecule has 0 saturated carbocycles. The van der Waals surface area contributed by atoms with E-state index in [0.717, 1.165) is 33.8 Å². The van der Waals surface area contributed by atoms with Crippen LogP contribution in [-0.4, -0.2) is 27.0 Å². The summed E-state index contributed by atoms with van der Waals surface area (Å²) in [7, 11) is 0. The molecule has 0 bridgehead atoms. The molecular formula is C24H26FN3O2S. The highest BCUT2D eigenvalue weighted by Crippen LogP contribution is 2.28. The normalized spacial score (nSPS) is 11.0. The Bertz CT molecular complexity index is 1170. The highest BCUT2D eigenvalue weighted by atomic mass is 32.2. The van der Waals surface area contributed by atoms with E-state index in [4.69, 9.17) is 5.73 Å². The van der Waals surface area contributed by atoms with Crippen molar-refractivity contribution < 1.29 is 14.0 Å². The molecule has 0 aliphatic rings. The number of thioether (sulfide) groups is 1. The number of aromatic nitrogens is 2. The van der Waals surface area contributed by atoms with Crippen LogP contribution in [0.4, 0.5) is 4.39 Å². The molecule has 1 aromatic carbocycles. The molecule has 31 heavy (non-hydrogen) atoms. The van der Waals surface area contributed by atoms with Crippen LogP contribution in [0.15, 0.2) is 35.4 Å². The predicted octanol–water partition coefficient (Wildman–Crippen LogP) is 4.69. The number of nitrogens with zero attached hydrogens (tertiary/aromatic N) is 2. The summed E-state index contributed by atoms with van der Waals surface area (Å²) in [6.07, 6.45) is 0. The lowest BCUT2D eigenvalue weighted by Crippen LogP contribution is -2.17. The van der Waals surface area contributed by atoms with Crippen LogP contribution in [0.25, 0.3) is 0 Å². The van der Waals surface area contributed by atoms with E-state index < -0.39 is 5.91 Å². The van der Waals surface area contributed by atoms with Gasteiger partial charge in [-0.15, -0.1) is 0 Å². The van der Waals surface area contributed by atoms with Crippen LogP contribution < -0.4 is 5.73 Å². The van der Waals surface area contributed by atoms with Crippen LogP contribution in [0, 0.1) is 40.4 Å². The van der Waals surface area contributed by atoms with Gasteiger partial charge >= 0.3 is 0 Å². The average molecular weight is 440 g/mol. The van der Waals surface area contributed by atoms with Gasteiger partial charge in [0.25, 0.3) is 5.91 Å². The first-order valence-electron chi connectivity index (χ1n) is 9.95. The van der Waals surface area contributed by atoms with E-state index >= 15 is 0 Å². The SMILES string of the molecule is Cc1nc(SCC(=O)c2cc(C)n(Cc3ccc(F)cc3)c2C)c(C(N)=O)c(C)c1C. The second-order valence-corrected chi connectivity index (χ2v) is 8.66. The third-order valence-corrected chi connectivity index (χ3v) is 6.65. The number of amides is 1. The number of Topliss-reactive ketones (excluding diaryl/α,β-unsaturated/α-hetero) is 1. The summed E-state index contributed by atoms with van der Waals surface area (Å²) in [5.41, 5.74) is 11.9. The molecule has 3 rings (SSSR count). The maximum atomic E-state index is 13.2. The van der Waals surface area contributed by atoms with Gasteiger partial charge in [0.05, 0.1) is 11.3 Å². The van der Waals surface area contributed by atoms with E-state index in [0.29, 0.717) is 22.7 Å². The lowest BCUT2D eigenvalue weighted by atomic mass is 10.0. The first-order valence-corrected chi connectivity index (χ1v) is 10.9. The third-order valence-electron chi connectivity index (χ3n) is 5.68. The molecule has 1 amide bonds. The van der Waals surface area contributed by atoms with Crippen molar-refractivity contribution in [1.82, 2.24) is 9.55 Å². The molecule has 0 atom stereocenters. The number of nitrogens with two attached hydrogens (primary N) is 1. The van der Waals surface area contributed by atoms with Crippen LogP contribution in [0.1, 0.15) is 54.5 Å². The number of rotatable bonds is 7. The molecule has 0 fully saturated rings. The zero-order chi connectivity index (χ0) is 22.9. The Hall–Kier alpha value is -2.93. The topological polar surface area (TPSA) is 78.0 Å². The number of benzene rings is 1. The van der Waals surface area contributed by atoms with Gasteiger partial charge in [0.2, 0.25) is 0 Å². The van der Waals surface area contributed by atoms with Crippen LogP contribution in [0.5, 0.6) is 0 Å². The Morgan fingerprint density at radius 3 is 2.32 bits per heavy atom. The molecule has 0 aliphatic carbocycles. The molecule has 2 N–H and O–H groups in total. The van der Waals surface area contributed by atoms with Crippen molar-refractivity contribution in [3.8, 4) is 0 Å². The Morgan fingerprint density at radius 2 is 1.71 bits per heavy atom. The van der Waals surface area contributed by atoms with Gasteiger partial charge in [-0.3, -0.25) is 9.59 Å². The molecule has 0 aliphatic heterocycles. The van der Waals surface area contributed by atoms with E-state index in [1.807, 2.05) is 45.3 Å². The number of pyridine rings is 1. The maximum Gasteiger partial charge on any atom is 0.251 e. The smallest absolute Gasteiger partial charge is 0.251 e. The minimum Gasteiger partial charge on any atom is -0.366 e. The number of hydrogen-bond acceptors (Lipinski definition) is 4. The molecule has 3 aromatic rings. The number of halogens is 1. The maximum absolute atomic E-state index is 13.2. The molecular weight excluding hydrogens is 413 g/mol. The van der Waals surface area contributed by atoms with Crippen LogP contribution in [-0.2, 0) is 6.54 Å². The third kappa shape index (κ3) is 4.71. The fraction of sp³-hybridized carbons (Fsp3) is 0.292. The molecule has 0 saturated heterocycles. The van der Waals surface area contributed by atoms with Gasteiger partial charge in [0, 0.05) is 29.2 Å². The zero-order valence-corrected chi connectivity index (χ0v) is 19.2. The first kappa shape index (κ1) is 22.7. The molecule has 2 heterocycles. The quantitative estimate of drug-likeness (QED) is 0.428. The summed E-state index contributed by atoms with van der Waals surface area (Å²) in [6.45, 7) is 10.0. The number of carbonyl (C=O) groups is 2. The molecule has 162 valence electrons. The van der Waals surface area contributed by atoms with Gasteiger partial charge in [0.1, 0.15) is 10.8 Å². The summed E-state index contributed by atoms with van der Waals surface area (Å²) in [6, 6.07) is 8.22. The molecule has 5 nitrogen and oxygen atoms in total. The van der Waals surface area contributed by atoms with Gasteiger partial charge in [-0.1, -0.05) is 23.9 Å². The summed E-state index contributed by atoms with van der Waals surface area (Å²) in [4.78, 5) is 29.5. The van der Waals surface area contributed by atoms with Crippen molar-refractivity contribution in [2.75, 3.05) is 5.75 Å². The van der Waals surface area contributed by atoms with Crippen molar-refractivity contribution in [2.45, 2.75) is 46.2 Å². The van der Waals surface area contributed by atoms with Gasteiger partial charge in [-0.2, -0.15) is 0 Å². The second kappa shape index (κ2) is 9.06. The van der Waals surface area contributed by atoms with Crippen LogP contribution >= 0.6 is 11.8 Å². The van der Waals surface area contributed by atoms with Gasteiger partial charge in [-0.25, -0.2) is 9.37 Å². The molecule has 0 radical (unpaired) electrons. The standard InChI is InChI=1S/C24H26FN3O2S/c1-13-10-20(17(5)28(13)11-18-6-8-19(25)9-7-18)21(29)12-31-24-22(23(26)30)15(3)14(2)16(4)27-24/h6-10H,11-12H2,1-5H3,(H2,26,30). The first-order chi connectivity index (χ1) is 14.6. The number of aryl methyl sites for hydroxylation is 2. The summed E-state index contributed by atoms with van der Waals surface area (Å²) >= 11 is 1.23. The minimum atomic E-state index is -0.541. The highest BCUT2D eigenvalue weighted by molar-refractivity contribution is 8.00. The Morgan fingerprint density at radius 1 is 1.06 bits per heavy atom. The number of hydrogen-bond donors (Lipinski definition) is 1. The van der Waals surface area contributed by atoms with E-state index in [9.17, 15) is 14.0 Å². The van der Waals surface area contributed by atoms with Crippen molar-refractivity contribution >= 4 is 23.5 Å².